The van der Waals surface area contributed by atoms with Crippen LogP contribution in [0.4, 0.5) is 11.6 Å². The van der Waals surface area contributed by atoms with Crippen molar-refractivity contribution in [1.29, 1.82) is 0 Å². The summed E-state index contributed by atoms with van der Waals surface area (Å²) in [5.41, 5.74) is 0.550. The molecule has 1 aromatic heterocycles. The van der Waals surface area contributed by atoms with E-state index in [0.717, 1.165) is 43.0 Å². The summed E-state index contributed by atoms with van der Waals surface area (Å²) in [6.45, 7) is 5.52. The van der Waals surface area contributed by atoms with E-state index in [1.54, 1.807) is 6.33 Å². The molecule has 1 aliphatic heterocycles. The molecule has 0 aliphatic carbocycles. The predicted molar refractivity (Wildman–Crippen MR) is 73.0 cm³/mol. The van der Waals surface area contributed by atoms with Gasteiger partial charge in [0.05, 0.1) is 5.60 Å². The summed E-state index contributed by atoms with van der Waals surface area (Å²) in [6.07, 6.45) is 4.38. The Morgan fingerprint density at radius 3 is 2.83 bits per heavy atom. The second-order valence-electron chi connectivity index (χ2n) is 5.19. The van der Waals surface area contributed by atoms with Crippen LogP contribution in [0.25, 0.3) is 0 Å². The fourth-order valence-electron chi connectivity index (χ4n) is 2.50. The first-order chi connectivity index (χ1) is 8.57. The molecule has 18 heavy (non-hydrogen) atoms. The fourth-order valence-corrected chi connectivity index (χ4v) is 2.50. The van der Waals surface area contributed by atoms with Gasteiger partial charge in [-0.15, -0.1) is 0 Å². The zero-order chi connectivity index (χ0) is 13.2. The molecule has 1 aliphatic rings. The molecule has 5 heteroatoms. The molecule has 0 amide bonds. The highest BCUT2D eigenvalue weighted by Crippen LogP contribution is 2.30. The summed E-state index contributed by atoms with van der Waals surface area (Å²) in [6, 6.07) is 0. The predicted octanol–water partition coefficient (Wildman–Crippen LogP) is 1.43. The van der Waals surface area contributed by atoms with Crippen molar-refractivity contribution in [2.24, 2.45) is 0 Å². The Morgan fingerprint density at radius 2 is 2.28 bits per heavy atom. The number of hydrogen-bond donors (Lipinski definition) is 2. The van der Waals surface area contributed by atoms with Crippen molar-refractivity contribution < 1.29 is 5.11 Å². The van der Waals surface area contributed by atoms with Crippen molar-refractivity contribution in [3.05, 3.63) is 11.9 Å². The second-order valence-corrected chi connectivity index (χ2v) is 5.19. The van der Waals surface area contributed by atoms with E-state index >= 15 is 0 Å². The van der Waals surface area contributed by atoms with Crippen LogP contribution in [-0.4, -0.2) is 40.8 Å². The minimum absolute atomic E-state index is 0.603. The monoisotopic (exact) mass is 250 g/mol. The molecule has 1 fully saturated rings. The average molecular weight is 250 g/mol. The third kappa shape index (κ3) is 2.56. The average Bonchev–Trinajstić information content (AvgIpc) is 2.70. The maximum Gasteiger partial charge on any atom is 0.137 e. The Hall–Kier alpha value is -1.36. The highest BCUT2D eigenvalue weighted by molar-refractivity contribution is 5.59. The summed E-state index contributed by atoms with van der Waals surface area (Å²) in [4.78, 5) is 10.9. The molecular weight excluding hydrogens is 228 g/mol. The highest BCUT2D eigenvalue weighted by Gasteiger charge is 2.33. The van der Waals surface area contributed by atoms with Gasteiger partial charge in [0.2, 0.25) is 0 Å². The Morgan fingerprint density at radius 1 is 1.50 bits per heavy atom. The summed E-state index contributed by atoms with van der Waals surface area (Å²) in [5, 5.41) is 13.2. The van der Waals surface area contributed by atoms with Crippen molar-refractivity contribution in [3.63, 3.8) is 0 Å². The van der Waals surface area contributed by atoms with Crippen molar-refractivity contribution in [3.8, 4) is 0 Å². The molecule has 1 aromatic rings. The van der Waals surface area contributed by atoms with Crippen molar-refractivity contribution in [1.82, 2.24) is 9.97 Å². The molecular formula is C13H22N4O. The maximum absolute atomic E-state index is 10.1. The standard InChI is InChI=1S/C13H22N4O/c1-4-5-10-11(14-3)15-9-16-12(10)17-7-6-13(2,18)8-17/h9,18H,4-8H2,1-3H3,(H,14,15,16). The topological polar surface area (TPSA) is 61.3 Å². The SMILES string of the molecule is CCCc1c(NC)ncnc1N1CCC(C)(O)C1. The number of nitrogens with zero attached hydrogens (tertiary/aromatic N) is 3. The number of nitrogens with one attached hydrogen (secondary N) is 1. The highest BCUT2D eigenvalue weighted by atomic mass is 16.3. The quantitative estimate of drug-likeness (QED) is 0.846. The van der Waals surface area contributed by atoms with Gasteiger partial charge in [0.1, 0.15) is 18.0 Å². The van der Waals surface area contributed by atoms with E-state index < -0.39 is 5.60 Å². The van der Waals surface area contributed by atoms with E-state index in [2.05, 4.69) is 27.1 Å². The van der Waals surface area contributed by atoms with Gasteiger partial charge in [0, 0.05) is 25.7 Å². The Balaban J connectivity index is 2.32. The smallest absolute Gasteiger partial charge is 0.137 e. The van der Waals surface area contributed by atoms with Crippen LogP contribution >= 0.6 is 0 Å². The molecule has 2 heterocycles. The molecule has 0 saturated carbocycles. The number of rotatable bonds is 4. The van der Waals surface area contributed by atoms with E-state index in [1.807, 2.05) is 14.0 Å². The van der Waals surface area contributed by atoms with Crippen molar-refractivity contribution in [2.45, 2.75) is 38.7 Å². The third-order valence-electron chi connectivity index (χ3n) is 3.41. The van der Waals surface area contributed by atoms with Crippen LogP contribution in [0.1, 0.15) is 32.3 Å². The van der Waals surface area contributed by atoms with E-state index in [-0.39, 0.29) is 0 Å². The second kappa shape index (κ2) is 5.10. The molecule has 0 bridgehead atoms. The molecule has 0 aromatic carbocycles. The number of aromatic nitrogens is 2. The molecule has 1 unspecified atom stereocenters. The van der Waals surface area contributed by atoms with Crippen LogP contribution in [0.3, 0.4) is 0 Å². The first-order valence-corrected chi connectivity index (χ1v) is 6.56. The molecule has 1 atom stereocenters. The van der Waals surface area contributed by atoms with Gasteiger partial charge in [-0.05, 0) is 19.8 Å². The van der Waals surface area contributed by atoms with Gasteiger partial charge in [-0.3, -0.25) is 0 Å². The van der Waals surface area contributed by atoms with Gasteiger partial charge in [-0.2, -0.15) is 0 Å². The lowest BCUT2D eigenvalue weighted by molar-refractivity contribution is 0.0839. The van der Waals surface area contributed by atoms with Crippen LogP contribution < -0.4 is 10.2 Å². The fraction of sp³-hybridized carbons (Fsp3) is 0.692. The van der Waals surface area contributed by atoms with Crippen LogP contribution in [0, 0.1) is 0 Å². The Labute approximate surface area is 108 Å². The van der Waals surface area contributed by atoms with E-state index in [4.69, 9.17) is 0 Å². The zero-order valence-electron chi connectivity index (χ0n) is 11.4. The summed E-state index contributed by atoms with van der Waals surface area (Å²) < 4.78 is 0. The van der Waals surface area contributed by atoms with E-state index in [9.17, 15) is 5.11 Å². The van der Waals surface area contributed by atoms with Crippen LogP contribution in [0.5, 0.6) is 0 Å². The lowest BCUT2D eigenvalue weighted by Gasteiger charge is -2.23. The summed E-state index contributed by atoms with van der Waals surface area (Å²) in [7, 11) is 1.88. The van der Waals surface area contributed by atoms with Crippen LogP contribution in [0.15, 0.2) is 6.33 Å². The van der Waals surface area contributed by atoms with Gasteiger partial charge >= 0.3 is 0 Å². The molecule has 0 spiro atoms. The Kier molecular flexibility index (Phi) is 3.71. The lowest BCUT2D eigenvalue weighted by Crippen LogP contribution is -2.30. The molecule has 2 N–H and O–H groups in total. The lowest BCUT2D eigenvalue weighted by atomic mass is 10.1. The third-order valence-corrected chi connectivity index (χ3v) is 3.41. The van der Waals surface area contributed by atoms with E-state index in [1.165, 1.54) is 0 Å². The largest absolute Gasteiger partial charge is 0.388 e. The summed E-state index contributed by atoms with van der Waals surface area (Å²) >= 11 is 0. The zero-order valence-corrected chi connectivity index (χ0v) is 11.4. The van der Waals surface area contributed by atoms with Crippen molar-refractivity contribution in [2.75, 3.05) is 30.4 Å². The normalized spacial score (nSPS) is 23.4. The van der Waals surface area contributed by atoms with Crippen molar-refractivity contribution >= 4 is 11.6 Å². The number of aliphatic hydroxyl groups is 1. The Bertz CT molecular complexity index is 419. The molecule has 0 radical (unpaired) electrons. The van der Waals surface area contributed by atoms with Gasteiger partial charge in [0.25, 0.3) is 0 Å². The summed E-state index contributed by atoms with van der Waals surface area (Å²) in [5.74, 6) is 1.86. The first-order valence-electron chi connectivity index (χ1n) is 6.56. The maximum atomic E-state index is 10.1. The molecule has 1 saturated heterocycles. The van der Waals surface area contributed by atoms with Gasteiger partial charge < -0.3 is 15.3 Å². The molecule has 100 valence electrons. The van der Waals surface area contributed by atoms with Crippen LogP contribution in [0.2, 0.25) is 0 Å². The number of β-amino-alcohol motifs (C(OH)–C–C–N with tert-alkyl or cyclic N) is 1. The van der Waals surface area contributed by atoms with E-state index in [0.29, 0.717) is 6.54 Å². The van der Waals surface area contributed by atoms with Gasteiger partial charge in [-0.1, -0.05) is 13.3 Å². The minimum atomic E-state index is -0.603. The molecule has 5 nitrogen and oxygen atoms in total. The first kappa shape index (κ1) is 13.1. The van der Waals surface area contributed by atoms with Gasteiger partial charge in [-0.25, -0.2) is 9.97 Å². The minimum Gasteiger partial charge on any atom is -0.388 e. The van der Waals surface area contributed by atoms with Gasteiger partial charge in [0.15, 0.2) is 0 Å². The molecule has 2 rings (SSSR count). The van der Waals surface area contributed by atoms with Crippen LogP contribution in [-0.2, 0) is 6.42 Å². The number of anilines is 2. The number of hydrogen-bond acceptors (Lipinski definition) is 5.